The van der Waals surface area contributed by atoms with Crippen LogP contribution >= 0.6 is 24.0 Å². The van der Waals surface area contributed by atoms with Gasteiger partial charge in [-0.2, -0.15) is 0 Å². The summed E-state index contributed by atoms with van der Waals surface area (Å²) in [5, 5.41) is 7.95. The Bertz CT molecular complexity index is 1020. The third-order valence-electron chi connectivity index (χ3n) is 5.59. The van der Waals surface area contributed by atoms with Crippen molar-refractivity contribution in [2.45, 2.75) is 12.6 Å². The zero-order chi connectivity index (χ0) is 21.5. The summed E-state index contributed by atoms with van der Waals surface area (Å²) in [4.78, 5) is 11.3. The van der Waals surface area contributed by atoms with Crippen LogP contribution in [0.5, 0.6) is 0 Å². The van der Waals surface area contributed by atoms with Gasteiger partial charge in [-0.1, -0.05) is 36.4 Å². The van der Waals surface area contributed by atoms with Crippen LogP contribution in [0, 0.1) is 5.82 Å². The number of pyridine rings is 1. The Kier molecular flexibility index (Phi) is 9.19. The first-order chi connectivity index (χ1) is 15.2. The number of ether oxygens (including phenoxy) is 1. The number of hydrogen-bond donors (Lipinski definition) is 2. The molecule has 3 aromatic rings. The number of morpholine rings is 1. The van der Waals surface area contributed by atoms with Crippen molar-refractivity contribution in [3.63, 3.8) is 0 Å². The molecular weight excluding hydrogens is 520 g/mol. The number of aliphatic imine (C=N–C) groups is 1. The predicted octanol–water partition coefficient (Wildman–Crippen LogP) is 3.73. The quantitative estimate of drug-likeness (QED) is 0.279. The van der Waals surface area contributed by atoms with Crippen LogP contribution in [0.3, 0.4) is 0 Å². The first kappa shape index (κ1) is 24.3. The fourth-order valence-corrected chi connectivity index (χ4v) is 3.93. The maximum atomic E-state index is 13.5. The van der Waals surface area contributed by atoms with Crippen molar-refractivity contribution in [3.8, 4) is 0 Å². The molecule has 2 N–H and O–H groups in total. The van der Waals surface area contributed by atoms with Gasteiger partial charge in [0.15, 0.2) is 5.96 Å². The van der Waals surface area contributed by atoms with Crippen LogP contribution in [-0.4, -0.2) is 55.7 Å². The van der Waals surface area contributed by atoms with Gasteiger partial charge in [-0.25, -0.2) is 4.39 Å². The molecular formula is C24H29FIN5O. The van der Waals surface area contributed by atoms with Crippen molar-refractivity contribution in [2.75, 3.05) is 39.9 Å². The lowest BCUT2D eigenvalue weighted by Crippen LogP contribution is -2.46. The van der Waals surface area contributed by atoms with Crippen LogP contribution in [0.1, 0.15) is 17.2 Å². The summed E-state index contributed by atoms with van der Waals surface area (Å²) in [6.07, 6.45) is 1.81. The minimum Gasteiger partial charge on any atom is -0.379 e. The van der Waals surface area contributed by atoms with Crippen LogP contribution in [0.15, 0.2) is 65.8 Å². The molecule has 6 nitrogen and oxygen atoms in total. The highest BCUT2D eigenvalue weighted by atomic mass is 127. The lowest BCUT2D eigenvalue weighted by Gasteiger charge is -2.35. The molecule has 0 aliphatic carbocycles. The molecule has 1 aliphatic heterocycles. The van der Waals surface area contributed by atoms with E-state index < -0.39 is 0 Å². The standard InChI is InChI=1S/C24H28FN5O.HI/c1-26-24(28-16-20-5-2-4-19-6-3-11-27-23(19)20)29-17-22(30-12-14-31-15-13-30)18-7-9-21(25)10-8-18;/h2-11,22H,12-17H2,1H3,(H2,26,28,29);1H. The second-order valence-electron chi connectivity index (χ2n) is 7.51. The molecule has 32 heavy (non-hydrogen) atoms. The second kappa shape index (κ2) is 12.1. The zero-order valence-electron chi connectivity index (χ0n) is 18.1. The van der Waals surface area contributed by atoms with E-state index in [1.54, 1.807) is 7.05 Å². The molecule has 2 aromatic carbocycles. The monoisotopic (exact) mass is 549 g/mol. The smallest absolute Gasteiger partial charge is 0.191 e. The van der Waals surface area contributed by atoms with Gasteiger partial charge in [-0.3, -0.25) is 14.9 Å². The fraction of sp³-hybridized carbons (Fsp3) is 0.333. The number of hydrogen-bond acceptors (Lipinski definition) is 4. The van der Waals surface area contributed by atoms with Crippen molar-refractivity contribution >= 4 is 40.8 Å². The maximum absolute atomic E-state index is 13.5. The molecule has 8 heteroatoms. The molecule has 0 amide bonds. The van der Waals surface area contributed by atoms with Crippen LogP contribution in [0.2, 0.25) is 0 Å². The third kappa shape index (κ3) is 6.14. The largest absolute Gasteiger partial charge is 0.379 e. The van der Waals surface area contributed by atoms with Crippen molar-refractivity contribution in [1.29, 1.82) is 0 Å². The first-order valence-electron chi connectivity index (χ1n) is 10.6. The second-order valence-corrected chi connectivity index (χ2v) is 7.51. The predicted molar refractivity (Wildman–Crippen MR) is 137 cm³/mol. The number of fused-ring (bicyclic) bond motifs is 1. The van der Waals surface area contributed by atoms with E-state index in [1.165, 1.54) is 12.1 Å². The number of halogens is 2. The van der Waals surface area contributed by atoms with E-state index in [-0.39, 0.29) is 35.8 Å². The number of nitrogens with zero attached hydrogens (tertiary/aromatic N) is 3. The van der Waals surface area contributed by atoms with Crippen LogP contribution in [0.4, 0.5) is 4.39 Å². The molecule has 1 unspecified atom stereocenters. The van der Waals surface area contributed by atoms with Crippen LogP contribution in [0.25, 0.3) is 10.9 Å². The molecule has 1 saturated heterocycles. The van der Waals surface area contributed by atoms with Crippen LogP contribution in [-0.2, 0) is 11.3 Å². The summed E-state index contributed by atoms with van der Waals surface area (Å²) in [6.45, 7) is 4.37. The summed E-state index contributed by atoms with van der Waals surface area (Å²) in [7, 11) is 1.76. The molecule has 1 aliphatic rings. The lowest BCUT2D eigenvalue weighted by molar-refractivity contribution is 0.0170. The Morgan fingerprint density at radius 2 is 1.84 bits per heavy atom. The van der Waals surface area contributed by atoms with Crippen molar-refractivity contribution in [3.05, 3.63) is 77.7 Å². The van der Waals surface area contributed by atoms with Crippen molar-refractivity contribution < 1.29 is 9.13 Å². The lowest BCUT2D eigenvalue weighted by atomic mass is 10.0. The number of para-hydroxylation sites is 1. The highest BCUT2D eigenvalue weighted by Gasteiger charge is 2.23. The van der Waals surface area contributed by atoms with Gasteiger partial charge in [0.25, 0.3) is 0 Å². The van der Waals surface area contributed by atoms with Gasteiger partial charge in [-0.05, 0) is 29.3 Å². The molecule has 0 bridgehead atoms. The Labute approximate surface area is 205 Å². The Morgan fingerprint density at radius 3 is 2.59 bits per heavy atom. The molecule has 0 spiro atoms. The average Bonchev–Trinajstić information content (AvgIpc) is 2.83. The Balaban J connectivity index is 0.00000289. The number of rotatable bonds is 6. The highest BCUT2D eigenvalue weighted by molar-refractivity contribution is 14.0. The minimum atomic E-state index is -0.224. The third-order valence-corrected chi connectivity index (χ3v) is 5.59. The highest BCUT2D eigenvalue weighted by Crippen LogP contribution is 2.22. The number of benzene rings is 2. The van der Waals surface area contributed by atoms with E-state index in [0.717, 1.165) is 35.1 Å². The summed E-state index contributed by atoms with van der Waals surface area (Å²) in [5.41, 5.74) is 3.18. The molecule has 0 radical (unpaired) electrons. The van der Waals surface area contributed by atoms with Crippen molar-refractivity contribution in [2.24, 2.45) is 4.99 Å². The van der Waals surface area contributed by atoms with E-state index in [4.69, 9.17) is 4.74 Å². The van der Waals surface area contributed by atoms with E-state index >= 15 is 0 Å². The van der Waals surface area contributed by atoms with E-state index in [9.17, 15) is 4.39 Å². The van der Waals surface area contributed by atoms with E-state index in [2.05, 4.69) is 43.7 Å². The maximum Gasteiger partial charge on any atom is 0.191 e. The zero-order valence-corrected chi connectivity index (χ0v) is 20.5. The van der Waals surface area contributed by atoms with Gasteiger partial charge in [0.1, 0.15) is 5.82 Å². The summed E-state index contributed by atoms with van der Waals surface area (Å²) >= 11 is 0. The van der Waals surface area contributed by atoms with Crippen LogP contribution < -0.4 is 10.6 Å². The number of guanidine groups is 1. The first-order valence-corrected chi connectivity index (χ1v) is 10.6. The molecule has 1 aromatic heterocycles. The van der Waals surface area contributed by atoms with E-state index in [0.29, 0.717) is 32.3 Å². The van der Waals surface area contributed by atoms with Gasteiger partial charge < -0.3 is 15.4 Å². The topological polar surface area (TPSA) is 61.8 Å². The van der Waals surface area contributed by atoms with Crippen molar-refractivity contribution in [1.82, 2.24) is 20.5 Å². The van der Waals surface area contributed by atoms with Gasteiger partial charge in [0.05, 0.1) is 24.8 Å². The summed E-state index contributed by atoms with van der Waals surface area (Å²) < 4.78 is 19.0. The minimum absolute atomic E-state index is 0. The molecule has 0 saturated carbocycles. The Morgan fingerprint density at radius 1 is 1.09 bits per heavy atom. The van der Waals surface area contributed by atoms with E-state index in [1.807, 2.05) is 30.5 Å². The average molecular weight is 549 g/mol. The molecule has 1 fully saturated rings. The Hall–Kier alpha value is -2.30. The molecule has 4 rings (SSSR count). The fourth-order valence-electron chi connectivity index (χ4n) is 3.93. The molecule has 1 atom stereocenters. The van der Waals surface area contributed by atoms with Gasteiger partial charge in [-0.15, -0.1) is 24.0 Å². The normalized spacial score (nSPS) is 15.8. The van der Waals surface area contributed by atoms with Gasteiger partial charge >= 0.3 is 0 Å². The SMILES string of the molecule is CN=C(NCc1cccc2cccnc12)NCC(c1ccc(F)cc1)N1CCOCC1.I. The summed E-state index contributed by atoms with van der Waals surface area (Å²) in [5.74, 6) is 0.493. The summed E-state index contributed by atoms with van der Waals surface area (Å²) in [6, 6.07) is 17.0. The van der Waals surface area contributed by atoms with Gasteiger partial charge in [0, 0.05) is 44.8 Å². The number of aromatic nitrogens is 1. The molecule has 170 valence electrons. The number of nitrogens with one attached hydrogen (secondary N) is 2. The van der Waals surface area contributed by atoms with Gasteiger partial charge in [0.2, 0.25) is 0 Å². The molecule has 2 heterocycles.